The van der Waals surface area contributed by atoms with Gasteiger partial charge in [0.2, 0.25) is 0 Å². The molecule has 0 aliphatic carbocycles. The van der Waals surface area contributed by atoms with Crippen LogP contribution < -0.4 is 14.8 Å². The first-order valence-corrected chi connectivity index (χ1v) is 9.05. The van der Waals surface area contributed by atoms with Crippen LogP contribution in [0.3, 0.4) is 0 Å². The Bertz CT molecular complexity index is 653. The highest BCUT2D eigenvalue weighted by atomic mass is 79.9. The van der Waals surface area contributed by atoms with Crippen molar-refractivity contribution in [2.45, 2.75) is 33.9 Å². The van der Waals surface area contributed by atoms with Gasteiger partial charge in [0.1, 0.15) is 6.61 Å². The minimum absolute atomic E-state index is 0.518. The second kappa shape index (κ2) is 9.09. The van der Waals surface area contributed by atoms with E-state index in [-0.39, 0.29) is 0 Å². The Kier molecular flexibility index (Phi) is 7.13. The topological polar surface area (TPSA) is 30.5 Å². The van der Waals surface area contributed by atoms with E-state index < -0.39 is 0 Å². The molecule has 4 heteroatoms. The first-order chi connectivity index (χ1) is 11.5. The molecule has 2 aromatic rings. The first kappa shape index (κ1) is 18.8. The SMILES string of the molecule is COc1ccc(Br)c(CNCC(C)C)c1OCc1ccc(C)cc1. The van der Waals surface area contributed by atoms with Gasteiger partial charge in [-0.05, 0) is 37.1 Å². The van der Waals surface area contributed by atoms with Gasteiger partial charge in [0.25, 0.3) is 0 Å². The predicted octanol–water partition coefficient (Wildman–Crippen LogP) is 5.09. The molecule has 0 atom stereocenters. The maximum Gasteiger partial charge on any atom is 0.167 e. The number of halogens is 1. The van der Waals surface area contributed by atoms with Crippen LogP contribution in [0.15, 0.2) is 40.9 Å². The molecule has 0 radical (unpaired) electrons. The molecular weight excluding hydrogens is 366 g/mol. The van der Waals surface area contributed by atoms with Crippen LogP contribution in [0.1, 0.15) is 30.5 Å². The van der Waals surface area contributed by atoms with E-state index >= 15 is 0 Å². The molecule has 0 saturated heterocycles. The molecule has 0 amide bonds. The summed E-state index contributed by atoms with van der Waals surface area (Å²) in [6.07, 6.45) is 0. The van der Waals surface area contributed by atoms with Crippen LogP contribution in [-0.4, -0.2) is 13.7 Å². The Balaban J connectivity index is 2.18. The normalized spacial score (nSPS) is 10.9. The monoisotopic (exact) mass is 391 g/mol. The van der Waals surface area contributed by atoms with Gasteiger partial charge in [-0.3, -0.25) is 0 Å². The molecule has 0 fully saturated rings. The molecule has 24 heavy (non-hydrogen) atoms. The van der Waals surface area contributed by atoms with E-state index in [1.807, 2.05) is 12.1 Å². The summed E-state index contributed by atoms with van der Waals surface area (Å²) in [5.74, 6) is 2.15. The van der Waals surface area contributed by atoms with Gasteiger partial charge >= 0.3 is 0 Å². The largest absolute Gasteiger partial charge is 0.493 e. The fraction of sp³-hybridized carbons (Fsp3) is 0.400. The lowest BCUT2D eigenvalue weighted by molar-refractivity contribution is 0.280. The van der Waals surface area contributed by atoms with Gasteiger partial charge in [-0.15, -0.1) is 0 Å². The highest BCUT2D eigenvalue weighted by molar-refractivity contribution is 9.10. The Hall–Kier alpha value is -1.52. The lowest BCUT2D eigenvalue weighted by atomic mass is 10.1. The summed E-state index contributed by atoms with van der Waals surface area (Å²) in [7, 11) is 1.67. The zero-order chi connectivity index (χ0) is 17.5. The van der Waals surface area contributed by atoms with E-state index in [9.17, 15) is 0 Å². The second-order valence-electron chi connectivity index (χ2n) is 6.36. The van der Waals surface area contributed by atoms with Crippen LogP contribution in [0.4, 0.5) is 0 Å². The summed E-state index contributed by atoms with van der Waals surface area (Å²) in [6, 6.07) is 12.3. The Labute approximate surface area is 153 Å². The third-order valence-electron chi connectivity index (χ3n) is 3.75. The van der Waals surface area contributed by atoms with Crippen molar-refractivity contribution in [3.63, 3.8) is 0 Å². The average molecular weight is 392 g/mol. The van der Waals surface area contributed by atoms with Crippen LogP contribution in [0, 0.1) is 12.8 Å². The molecule has 0 aromatic heterocycles. The number of hydrogen-bond acceptors (Lipinski definition) is 3. The molecular formula is C20H26BrNO2. The molecule has 0 heterocycles. The summed E-state index contributed by atoms with van der Waals surface area (Å²) in [5.41, 5.74) is 3.48. The van der Waals surface area contributed by atoms with Crippen LogP contribution in [-0.2, 0) is 13.2 Å². The fourth-order valence-electron chi connectivity index (χ4n) is 2.39. The van der Waals surface area contributed by atoms with Gasteiger partial charge in [-0.25, -0.2) is 0 Å². The van der Waals surface area contributed by atoms with Crippen molar-refractivity contribution in [2.75, 3.05) is 13.7 Å². The first-order valence-electron chi connectivity index (χ1n) is 8.25. The number of ether oxygens (including phenoxy) is 2. The molecule has 0 unspecified atom stereocenters. The number of aryl methyl sites for hydroxylation is 1. The number of methoxy groups -OCH3 is 1. The van der Waals surface area contributed by atoms with Crippen molar-refractivity contribution < 1.29 is 9.47 Å². The third kappa shape index (κ3) is 5.25. The molecule has 2 rings (SSSR count). The van der Waals surface area contributed by atoms with E-state index in [0.29, 0.717) is 12.5 Å². The van der Waals surface area contributed by atoms with Crippen molar-refractivity contribution in [1.82, 2.24) is 5.32 Å². The number of rotatable bonds is 8. The van der Waals surface area contributed by atoms with Crippen LogP contribution >= 0.6 is 15.9 Å². The predicted molar refractivity (Wildman–Crippen MR) is 103 cm³/mol. The average Bonchev–Trinajstić information content (AvgIpc) is 2.56. The Morgan fingerprint density at radius 2 is 1.79 bits per heavy atom. The van der Waals surface area contributed by atoms with Gasteiger partial charge in [0.05, 0.1) is 7.11 Å². The summed E-state index contributed by atoms with van der Waals surface area (Å²) < 4.78 is 12.7. The molecule has 0 spiro atoms. The molecule has 0 aliphatic heterocycles. The van der Waals surface area contributed by atoms with Crippen LogP contribution in [0.25, 0.3) is 0 Å². The van der Waals surface area contributed by atoms with Gasteiger partial charge < -0.3 is 14.8 Å². The Morgan fingerprint density at radius 1 is 1.08 bits per heavy atom. The Morgan fingerprint density at radius 3 is 2.42 bits per heavy atom. The van der Waals surface area contributed by atoms with Crippen molar-refractivity contribution in [3.8, 4) is 11.5 Å². The second-order valence-corrected chi connectivity index (χ2v) is 7.21. The summed E-state index contributed by atoms with van der Waals surface area (Å²) in [5, 5.41) is 3.47. The third-order valence-corrected chi connectivity index (χ3v) is 4.49. The van der Waals surface area contributed by atoms with Crippen molar-refractivity contribution in [1.29, 1.82) is 0 Å². The molecule has 2 aromatic carbocycles. The summed E-state index contributed by atoms with van der Waals surface area (Å²) in [6.45, 7) is 8.69. The molecule has 1 N–H and O–H groups in total. The van der Waals surface area contributed by atoms with E-state index in [0.717, 1.165) is 40.2 Å². The van der Waals surface area contributed by atoms with E-state index in [1.165, 1.54) is 5.56 Å². The summed E-state index contributed by atoms with van der Waals surface area (Å²) in [4.78, 5) is 0. The lowest BCUT2D eigenvalue weighted by Crippen LogP contribution is -2.20. The maximum absolute atomic E-state index is 6.13. The van der Waals surface area contributed by atoms with E-state index in [2.05, 4.69) is 66.3 Å². The number of hydrogen-bond donors (Lipinski definition) is 1. The highest BCUT2D eigenvalue weighted by Gasteiger charge is 2.15. The molecule has 0 aliphatic rings. The van der Waals surface area contributed by atoms with Gasteiger partial charge in [0, 0.05) is 16.6 Å². The van der Waals surface area contributed by atoms with E-state index in [1.54, 1.807) is 7.11 Å². The molecule has 130 valence electrons. The van der Waals surface area contributed by atoms with Gasteiger partial charge in [-0.2, -0.15) is 0 Å². The maximum atomic E-state index is 6.13. The number of benzene rings is 2. The fourth-order valence-corrected chi connectivity index (χ4v) is 2.84. The van der Waals surface area contributed by atoms with Crippen molar-refractivity contribution in [2.24, 2.45) is 5.92 Å². The molecule has 0 bridgehead atoms. The number of nitrogens with one attached hydrogen (secondary N) is 1. The van der Waals surface area contributed by atoms with Crippen molar-refractivity contribution in [3.05, 3.63) is 57.6 Å². The summed E-state index contributed by atoms with van der Waals surface area (Å²) >= 11 is 3.64. The molecule has 3 nitrogen and oxygen atoms in total. The zero-order valence-electron chi connectivity index (χ0n) is 14.9. The standard InChI is InChI=1S/C20H26BrNO2/c1-14(2)11-22-12-17-18(21)9-10-19(23-4)20(17)24-13-16-7-5-15(3)6-8-16/h5-10,14,22H,11-13H2,1-4H3. The lowest BCUT2D eigenvalue weighted by Gasteiger charge is -2.18. The van der Waals surface area contributed by atoms with E-state index in [4.69, 9.17) is 9.47 Å². The minimum atomic E-state index is 0.518. The van der Waals surface area contributed by atoms with Crippen LogP contribution in [0.5, 0.6) is 11.5 Å². The quantitative estimate of drug-likeness (QED) is 0.679. The van der Waals surface area contributed by atoms with Crippen LogP contribution in [0.2, 0.25) is 0 Å². The highest BCUT2D eigenvalue weighted by Crippen LogP contribution is 2.36. The van der Waals surface area contributed by atoms with Gasteiger partial charge in [0.15, 0.2) is 11.5 Å². The van der Waals surface area contributed by atoms with Crippen molar-refractivity contribution >= 4 is 15.9 Å². The zero-order valence-corrected chi connectivity index (χ0v) is 16.4. The minimum Gasteiger partial charge on any atom is -0.493 e. The van der Waals surface area contributed by atoms with Gasteiger partial charge in [-0.1, -0.05) is 59.6 Å². The smallest absolute Gasteiger partial charge is 0.167 e. The molecule has 0 saturated carbocycles.